The number of nitrogens with zero attached hydrogens (tertiary/aromatic N) is 1. The Balaban J connectivity index is 2.28. The van der Waals surface area contributed by atoms with Gasteiger partial charge in [0.2, 0.25) is 0 Å². The van der Waals surface area contributed by atoms with Gasteiger partial charge in [-0.05, 0) is 42.5 Å². The number of nitrogen functional groups attached to an aromatic ring is 1. The zero-order chi connectivity index (χ0) is 15.6. The fourth-order valence-electron chi connectivity index (χ4n) is 1.77. The van der Waals surface area contributed by atoms with Crippen LogP contribution >= 0.6 is 11.6 Å². The number of halogens is 1. The minimum Gasteiger partial charge on any atom is -0.399 e. The van der Waals surface area contributed by atoms with Gasteiger partial charge in [0.25, 0.3) is 10.0 Å². The van der Waals surface area contributed by atoms with Gasteiger partial charge < -0.3 is 10.6 Å². The summed E-state index contributed by atoms with van der Waals surface area (Å²) in [6.07, 6.45) is 0. The zero-order valence-corrected chi connectivity index (χ0v) is 13.2. The van der Waals surface area contributed by atoms with Crippen LogP contribution in [0.4, 0.5) is 17.1 Å². The summed E-state index contributed by atoms with van der Waals surface area (Å²) in [4.78, 5) is 1.92. The Hall–Kier alpha value is -1.92. The van der Waals surface area contributed by atoms with E-state index in [1.807, 2.05) is 31.1 Å². The third-order valence-electron chi connectivity index (χ3n) is 2.88. The molecule has 2 aromatic rings. The first-order valence-corrected chi connectivity index (χ1v) is 8.01. The summed E-state index contributed by atoms with van der Waals surface area (Å²) >= 11 is 5.94. The van der Waals surface area contributed by atoms with Crippen LogP contribution in [0.1, 0.15) is 0 Å². The second-order valence-corrected chi connectivity index (χ2v) is 6.79. The molecule has 21 heavy (non-hydrogen) atoms. The molecule has 0 aliphatic carbocycles. The summed E-state index contributed by atoms with van der Waals surface area (Å²) in [6, 6.07) is 11.3. The second-order valence-electron chi connectivity index (χ2n) is 4.74. The largest absolute Gasteiger partial charge is 0.399 e. The average molecular weight is 326 g/mol. The molecule has 0 bridgehead atoms. The van der Waals surface area contributed by atoms with Crippen LogP contribution in [0, 0.1) is 0 Å². The molecular formula is C14H16ClN3O2S. The van der Waals surface area contributed by atoms with Crippen molar-refractivity contribution in [1.29, 1.82) is 0 Å². The van der Waals surface area contributed by atoms with Crippen LogP contribution in [0.3, 0.4) is 0 Å². The number of anilines is 3. The monoisotopic (exact) mass is 325 g/mol. The lowest BCUT2D eigenvalue weighted by atomic mass is 10.3. The van der Waals surface area contributed by atoms with E-state index in [4.69, 9.17) is 17.3 Å². The first-order chi connectivity index (χ1) is 9.79. The van der Waals surface area contributed by atoms with Crippen LogP contribution in [0.25, 0.3) is 0 Å². The van der Waals surface area contributed by atoms with E-state index in [-0.39, 0.29) is 9.92 Å². The predicted molar refractivity (Wildman–Crippen MR) is 87.4 cm³/mol. The minimum atomic E-state index is -3.74. The second kappa shape index (κ2) is 5.83. The highest BCUT2D eigenvalue weighted by Crippen LogP contribution is 2.26. The third-order valence-corrected chi connectivity index (χ3v) is 4.75. The van der Waals surface area contributed by atoms with Gasteiger partial charge in [-0.15, -0.1) is 0 Å². The van der Waals surface area contributed by atoms with Gasteiger partial charge in [0.1, 0.15) is 4.90 Å². The number of hydrogen-bond acceptors (Lipinski definition) is 4. The molecule has 0 atom stereocenters. The molecule has 5 nitrogen and oxygen atoms in total. The molecule has 2 rings (SSSR count). The standard InChI is InChI=1S/C14H16ClN3O2S/c1-18(2)12-6-4-11(5-7-12)17-21(19,20)14-8-3-10(16)9-13(14)15/h3-9,17H,16H2,1-2H3. The molecule has 0 aromatic heterocycles. The topological polar surface area (TPSA) is 75.4 Å². The Morgan fingerprint density at radius 3 is 2.24 bits per heavy atom. The van der Waals surface area contributed by atoms with Crippen LogP contribution in [0.5, 0.6) is 0 Å². The Labute approximate surface area is 129 Å². The van der Waals surface area contributed by atoms with Crippen molar-refractivity contribution in [2.45, 2.75) is 4.90 Å². The number of nitrogens with two attached hydrogens (primary N) is 1. The summed E-state index contributed by atoms with van der Waals surface area (Å²) in [5.74, 6) is 0. The number of rotatable bonds is 4. The lowest BCUT2D eigenvalue weighted by Crippen LogP contribution is -2.14. The molecule has 0 saturated heterocycles. The van der Waals surface area contributed by atoms with Gasteiger partial charge in [0.05, 0.1) is 5.02 Å². The van der Waals surface area contributed by atoms with Gasteiger partial charge >= 0.3 is 0 Å². The Morgan fingerprint density at radius 1 is 1.10 bits per heavy atom. The summed E-state index contributed by atoms with van der Waals surface area (Å²) in [7, 11) is 0.0751. The van der Waals surface area contributed by atoms with E-state index < -0.39 is 10.0 Å². The lowest BCUT2D eigenvalue weighted by molar-refractivity contribution is 0.601. The van der Waals surface area contributed by atoms with Crippen LogP contribution in [-0.4, -0.2) is 22.5 Å². The van der Waals surface area contributed by atoms with Crippen molar-refractivity contribution in [2.24, 2.45) is 0 Å². The van der Waals surface area contributed by atoms with Crippen LogP contribution in [-0.2, 0) is 10.0 Å². The molecule has 0 fully saturated rings. The van der Waals surface area contributed by atoms with Gasteiger partial charge in [0.15, 0.2) is 0 Å². The van der Waals surface area contributed by atoms with Crippen LogP contribution in [0.2, 0.25) is 5.02 Å². The Kier molecular flexibility index (Phi) is 4.29. The van der Waals surface area contributed by atoms with Gasteiger partial charge in [-0.3, -0.25) is 4.72 Å². The average Bonchev–Trinajstić information content (AvgIpc) is 2.38. The van der Waals surface area contributed by atoms with Crippen molar-refractivity contribution in [2.75, 3.05) is 29.5 Å². The first-order valence-electron chi connectivity index (χ1n) is 6.15. The Bertz CT molecular complexity index is 743. The maximum Gasteiger partial charge on any atom is 0.263 e. The fourth-order valence-corrected chi connectivity index (χ4v) is 3.39. The van der Waals surface area contributed by atoms with Crippen molar-refractivity contribution >= 4 is 38.7 Å². The quantitative estimate of drug-likeness (QED) is 0.848. The van der Waals surface area contributed by atoms with Crippen molar-refractivity contribution in [1.82, 2.24) is 0 Å². The normalized spacial score (nSPS) is 11.2. The maximum absolute atomic E-state index is 12.3. The van der Waals surface area contributed by atoms with Gasteiger partial charge in [-0.25, -0.2) is 8.42 Å². The molecule has 2 aromatic carbocycles. The van der Waals surface area contributed by atoms with Crippen LogP contribution < -0.4 is 15.4 Å². The number of sulfonamides is 1. The van der Waals surface area contributed by atoms with E-state index in [1.165, 1.54) is 18.2 Å². The molecular weight excluding hydrogens is 310 g/mol. The molecule has 0 heterocycles. The summed E-state index contributed by atoms with van der Waals surface area (Å²) in [5.41, 5.74) is 7.42. The SMILES string of the molecule is CN(C)c1ccc(NS(=O)(=O)c2ccc(N)cc2Cl)cc1. The van der Waals surface area contributed by atoms with E-state index in [1.54, 1.807) is 12.1 Å². The van der Waals surface area contributed by atoms with Crippen LogP contribution in [0.15, 0.2) is 47.4 Å². The smallest absolute Gasteiger partial charge is 0.263 e. The van der Waals surface area contributed by atoms with Crippen molar-refractivity contribution in [3.63, 3.8) is 0 Å². The molecule has 0 saturated carbocycles. The molecule has 3 N–H and O–H groups in total. The predicted octanol–water partition coefficient (Wildman–Crippen LogP) is 2.79. The molecule has 7 heteroatoms. The molecule has 0 radical (unpaired) electrons. The van der Waals surface area contributed by atoms with E-state index in [9.17, 15) is 8.42 Å². The highest BCUT2D eigenvalue weighted by Gasteiger charge is 2.18. The van der Waals surface area contributed by atoms with Gasteiger partial charge in [0, 0.05) is 31.2 Å². The number of benzene rings is 2. The lowest BCUT2D eigenvalue weighted by Gasteiger charge is -2.14. The van der Waals surface area contributed by atoms with Gasteiger partial charge in [-0.1, -0.05) is 11.6 Å². The first kappa shape index (κ1) is 15.5. The van der Waals surface area contributed by atoms with Crippen molar-refractivity contribution < 1.29 is 8.42 Å². The van der Waals surface area contributed by atoms with E-state index >= 15 is 0 Å². The van der Waals surface area contributed by atoms with Gasteiger partial charge in [-0.2, -0.15) is 0 Å². The highest BCUT2D eigenvalue weighted by atomic mass is 35.5. The van der Waals surface area contributed by atoms with E-state index in [2.05, 4.69) is 4.72 Å². The molecule has 0 aliphatic rings. The molecule has 112 valence electrons. The molecule has 0 spiro atoms. The number of hydrogen-bond donors (Lipinski definition) is 2. The fraction of sp³-hybridized carbons (Fsp3) is 0.143. The summed E-state index contributed by atoms with van der Waals surface area (Å²) in [5, 5.41) is 0.0902. The zero-order valence-electron chi connectivity index (χ0n) is 11.7. The van der Waals surface area contributed by atoms with E-state index in [0.29, 0.717) is 11.4 Å². The molecule has 0 aliphatic heterocycles. The van der Waals surface area contributed by atoms with E-state index in [0.717, 1.165) is 5.69 Å². The summed E-state index contributed by atoms with van der Waals surface area (Å²) < 4.78 is 27.1. The Morgan fingerprint density at radius 2 is 1.71 bits per heavy atom. The molecule has 0 amide bonds. The molecule has 0 unspecified atom stereocenters. The third kappa shape index (κ3) is 3.59. The highest BCUT2D eigenvalue weighted by molar-refractivity contribution is 7.92. The number of nitrogens with one attached hydrogen (secondary N) is 1. The minimum absolute atomic E-state index is 0.00458. The van der Waals surface area contributed by atoms with Crippen molar-refractivity contribution in [3.8, 4) is 0 Å². The maximum atomic E-state index is 12.3. The van der Waals surface area contributed by atoms with Crippen molar-refractivity contribution in [3.05, 3.63) is 47.5 Å². The summed E-state index contributed by atoms with van der Waals surface area (Å²) in [6.45, 7) is 0.